The summed E-state index contributed by atoms with van der Waals surface area (Å²) in [6.07, 6.45) is -0.137. The third-order valence-corrected chi connectivity index (χ3v) is 6.68. The van der Waals surface area contributed by atoms with E-state index in [2.05, 4.69) is 36.4 Å². The van der Waals surface area contributed by atoms with E-state index in [4.69, 9.17) is 23.7 Å². The van der Waals surface area contributed by atoms with Crippen LogP contribution in [0.3, 0.4) is 0 Å². The highest BCUT2D eigenvalue weighted by atomic mass is 16.7. The Morgan fingerprint density at radius 1 is 0.706 bits per heavy atom. The molecule has 3 aromatic rings. The summed E-state index contributed by atoms with van der Waals surface area (Å²) in [5.41, 5.74) is 2.99. The van der Waals surface area contributed by atoms with Crippen LogP contribution in [-0.2, 0) is 43.5 Å². The summed E-state index contributed by atoms with van der Waals surface area (Å²) in [4.78, 5) is 0. The second-order valence-electron chi connectivity index (χ2n) is 9.10. The average Bonchev–Trinajstić information content (AvgIpc) is 3.62. The first kappa shape index (κ1) is 23.2. The van der Waals surface area contributed by atoms with Gasteiger partial charge in [0.15, 0.2) is 6.29 Å². The zero-order chi connectivity index (χ0) is 23.2. The highest BCUT2D eigenvalue weighted by molar-refractivity contribution is 5.18. The molecule has 0 unspecified atom stereocenters. The van der Waals surface area contributed by atoms with Gasteiger partial charge in [0.1, 0.15) is 11.7 Å². The fraction of sp³-hybridized carbons (Fsp3) is 0.379. The highest BCUT2D eigenvalue weighted by Gasteiger charge is 2.67. The molecule has 178 valence electrons. The van der Waals surface area contributed by atoms with Crippen molar-refractivity contribution in [3.8, 4) is 0 Å². The zero-order valence-corrected chi connectivity index (χ0v) is 19.5. The number of ether oxygens (including phenoxy) is 5. The molecule has 1 saturated carbocycles. The molecule has 0 spiro atoms. The largest absolute Gasteiger partial charge is 0.374 e. The van der Waals surface area contributed by atoms with Crippen molar-refractivity contribution >= 4 is 0 Å². The molecule has 2 aliphatic rings. The smallest absolute Gasteiger partial charge is 0.186 e. The lowest BCUT2D eigenvalue weighted by molar-refractivity contribution is -0.290. The lowest BCUT2D eigenvalue weighted by Crippen LogP contribution is -2.53. The Labute approximate surface area is 201 Å². The summed E-state index contributed by atoms with van der Waals surface area (Å²) in [5, 5.41) is 0. The quantitative estimate of drug-likeness (QED) is 0.397. The summed E-state index contributed by atoms with van der Waals surface area (Å²) in [5.74, 6) is 0.194. The van der Waals surface area contributed by atoms with E-state index in [1.807, 2.05) is 54.6 Å². The fourth-order valence-corrected chi connectivity index (χ4v) is 4.76. The molecule has 3 aromatic carbocycles. The van der Waals surface area contributed by atoms with Gasteiger partial charge in [0.2, 0.25) is 0 Å². The van der Waals surface area contributed by atoms with Crippen molar-refractivity contribution in [2.75, 3.05) is 13.7 Å². The van der Waals surface area contributed by atoms with E-state index < -0.39 is 11.9 Å². The van der Waals surface area contributed by atoms with Crippen molar-refractivity contribution in [3.63, 3.8) is 0 Å². The lowest BCUT2D eigenvalue weighted by atomic mass is 10.0. The minimum atomic E-state index is -0.524. The third kappa shape index (κ3) is 5.40. The molecule has 1 heterocycles. The van der Waals surface area contributed by atoms with Crippen molar-refractivity contribution < 1.29 is 23.7 Å². The van der Waals surface area contributed by atoms with Crippen molar-refractivity contribution in [2.24, 2.45) is 5.92 Å². The average molecular weight is 461 g/mol. The lowest BCUT2D eigenvalue weighted by Gasteiger charge is -2.40. The van der Waals surface area contributed by atoms with E-state index in [0.29, 0.717) is 26.4 Å². The van der Waals surface area contributed by atoms with Crippen LogP contribution in [0.5, 0.6) is 0 Å². The fourth-order valence-electron chi connectivity index (χ4n) is 4.76. The van der Waals surface area contributed by atoms with Gasteiger partial charge in [-0.1, -0.05) is 91.0 Å². The van der Waals surface area contributed by atoms with Gasteiger partial charge in [-0.2, -0.15) is 0 Å². The molecule has 0 bridgehead atoms. The van der Waals surface area contributed by atoms with Gasteiger partial charge in [0, 0.05) is 13.0 Å². The predicted octanol–water partition coefficient (Wildman–Crippen LogP) is 5.14. The van der Waals surface area contributed by atoms with Crippen LogP contribution in [0.2, 0.25) is 0 Å². The van der Waals surface area contributed by atoms with E-state index in [1.165, 1.54) is 0 Å². The van der Waals surface area contributed by atoms with Crippen molar-refractivity contribution in [1.82, 2.24) is 0 Å². The molecule has 5 nitrogen and oxygen atoms in total. The molecule has 0 amide bonds. The van der Waals surface area contributed by atoms with Gasteiger partial charge < -0.3 is 23.7 Å². The molecule has 1 aliphatic heterocycles. The Bertz CT molecular complexity index is 1010. The first-order valence-corrected chi connectivity index (χ1v) is 11.9. The molecule has 5 rings (SSSR count). The molecule has 1 aliphatic carbocycles. The van der Waals surface area contributed by atoms with Gasteiger partial charge in [-0.25, -0.2) is 0 Å². The van der Waals surface area contributed by atoms with Crippen molar-refractivity contribution in [1.29, 1.82) is 0 Å². The Hall–Kier alpha value is -2.54. The molecular formula is C29H32O5. The first-order chi connectivity index (χ1) is 16.8. The van der Waals surface area contributed by atoms with E-state index in [1.54, 1.807) is 7.11 Å². The van der Waals surface area contributed by atoms with Gasteiger partial charge in [-0.3, -0.25) is 0 Å². The molecule has 1 saturated heterocycles. The van der Waals surface area contributed by atoms with Crippen LogP contribution >= 0.6 is 0 Å². The highest BCUT2D eigenvalue weighted by Crippen LogP contribution is 2.56. The molecule has 0 N–H and O–H groups in total. The molecular weight excluding hydrogens is 428 g/mol. The van der Waals surface area contributed by atoms with Crippen LogP contribution in [0.4, 0.5) is 0 Å². The van der Waals surface area contributed by atoms with Crippen molar-refractivity contribution in [3.05, 3.63) is 108 Å². The molecule has 5 atom stereocenters. The van der Waals surface area contributed by atoms with Gasteiger partial charge in [-0.05, 0) is 23.1 Å². The van der Waals surface area contributed by atoms with Crippen LogP contribution in [0.15, 0.2) is 91.0 Å². The SMILES string of the molecule is CO[C@@H]1O[C@]2(COCc3ccccc3)C[C@@H]2[C@H](OCc2ccccc2)[C@H]1OCc1ccccc1. The second-order valence-corrected chi connectivity index (χ2v) is 9.10. The zero-order valence-electron chi connectivity index (χ0n) is 19.5. The van der Waals surface area contributed by atoms with E-state index in [-0.39, 0.29) is 18.1 Å². The van der Waals surface area contributed by atoms with Crippen LogP contribution in [0.25, 0.3) is 0 Å². The normalized spacial score (nSPS) is 27.8. The molecule has 0 aromatic heterocycles. The maximum Gasteiger partial charge on any atom is 0.186 e. The summed E-state index contributed by atoms with van der Waals surface area (Å²) in [6.45, 7) is 2.05. The molecule has 2 fully saturated rings. The van der Waals surface area contributed by atoms with Gasteiger partial charge >= 0.3 is 0 Å². The maximum absolute atomic E-state index is 6.51. The summed E-state index contributed by atoms with van der Waals surface area (Å²) >= 11 is 0. The number of rotatable bonds is 11. The van der Waals surface area contributed by atoms with Gasteiger partial charge in [0.05, 0.1) is 32.5 Å². The Morgan fingerprint density at radius 2 is 1.21 bits per heavy atom. The molecule has 5 heteroatoms. The van der Waals surface area contributed by atoms with Crippen LogP contribution in [0.1, 0.15) is 23.1 Å². The van der Waals surface area contributed by atoms with Gasteiger partial charge in [-0.15, -0.1) is 0 Å². The summed E-state index contributed by atoms with van der Waals surface area (Å²) in [6, 6.07) is 30.6. The Kier molecular flexibility index (Phi) is 7.38. The van der Waals surface area contributed by atoms with Gasteiger partial charge in [0.25, 0.3) is 0 Å². The number of methoxy groups -OCH3 is 1. The number of hydrogen-bond acceptors (Lipinski definition) is 5. The van der Waals surface area contributed by atoms with Crippen LogP contribution in [-0.4, -0.2) is 37.8 Å². The van der Waals surface area contributed by atoms with Crippen molar-refractivity contribution in [2.45, 2.75) is 50.3 Å². The maximum atomic E-state index is 6.51. The predicted molar refractivity (Wildman–Crippen MR) is 129 cm³/mol. The Balaban J connectivity index is 1.28. The standard InChI is InChI=1S/C29H32O5/c1-30-28-27(33-20-24-15-9-4-10-16-24)26(32-19-23-13-7-3-8-14-23)25-17-29(25,34-28)21-31-18-22-11-5-2-6-12-22/h2-16,25-28H,17-21H2,1H3/t25-,26+,27-,28-,29+/m1/s1. The number of fused-ring (bicyclic) bond motifs is 1. The van der Waals surface area contributed by atoms with Crippen LogP contribution in [0, 0.1) is 5.92 Å². The third-order valence-electron chi connectivity index (χ3n) is 6.68. The van der Waals surface area contributed by atoms with E-state index in [0.717, 1.165) is 23.1 Å². The topological polar surface area (TPSA) is 46.2 Å². The summed E-state index contributed by atoms with van der Waals surface area (Å²) < 4.78 is 31.2. The van der Waals surface area contributed by atoms with Crippen LogP contribution < -0.4 is 0 Å². The monoisotopic (exact) mass is 460 g/mol. The van der Waals surface area contributed by atoms with E-state index >= 15 is 0 Å². The molecule has 34 heavy (non-hydrogen) atoms. The number of benzene rings is 3. The number of hydrogen-bond donors (Lipinski definition) is 0. The van der Waals surface area contributed by atoms with E-state index in [9.17, 15) is 0 Å². The minimum Gasteiger partial charge on any atom is -0.374 e. The minimum absolute atomic E-state index is 0.150. The first-order valence-electron chi connectivity index (χ1n) is 11.9. The Morgan fingerprint density at radius 3 is 1.74 bits per heavy atom. The second kappa shape index (κ2) is 10.8. The molecule has 0 radical (unpaired) electrons. The summed E-state index contributed by atoms with van der Waals surface area (Å²) in [7, 11) is 1.67.